The first-order chi connectivity index (χ1) is 13.2. The van der Waals surface area contributed by atoms with Crippen molar-refractivity contribution < 1.29 is 32.5 Å². The van der Waals surface area contributed by atoms with Gasteiger partial charge in [0.25, 0.3) is 0 Å². The molecule has 2 aliphatic rings. The zero-order valence-electron chi connectivity index (χ0n) is 13.9. The lowest BCUT2D eigenvalue weighted by Gasteiger charge is -2.46. The number of rotatable bonds is 3. The largest absolute Gasteiger partial charge is 0.454 e. The second kappa shape index (κ2) is 6.61. The van der Waals surface area contributed by atoms with E-state index in [0.29, 0.717) is 17.1 Å². The molecule has 3 N–H and O–H groups in total. The molecule has 1 aromatic carbocycles. The third kappa shape index (κ3) is 2.99. The predicted octanol–water partition coefficient (Wildman–Crippen LogP) is 2.75. The van der Waals surface area contributed by atoms with Crippen molar-refractivity contribution in [3.8, 4) is 11.5 Å². The second-order valence-electron chi connectivity index (χ2n) is 6.27. The van der Waals surface area contributed by atoms with Crippen LogP contribution in [0.15, 0.2) is 35.7 Å². The number of alkyl halides is 3. The van der Waals surface area contributed by atoms with Crippen LogP contribution >= 0.6 is 23.6 Å². The summed E-state index contributed by atoms with van der Waals surface area (Å²) in [6.07, 6.45) is -5.16. The summed E-state index contributed by atoms with van der Waals surface area (Å²) in [6, 6.07) is 6.22. The molecule has 0 spiro atoms. The molecule has 2 aliphatic heterocycles. The molecule has 6 nitrogen and oxygen atoms in total. The van der Waals surface area contributed by atoms with E-state index in [4.69, 9.17) is 21.7 Å². The number of ketones is 1. The highest BCUT2D eigenvalue weighted by molar-refractivity contribution is 7.80. The lowest BCUT2D eigenvalue weighted by molar-refractivity contribution is -0.285. The third-order valence-electron chi connectivity index (χ3n) is 4.61. The maximum absolute atomic E-state index is 13.9. The molecular weight excluding hydrogens is 417 g/mol. The summed E-state index contributed by atoms with van der Waals surface area (Å²) >= 11 is 5.89. The van der Waals surface area contributed by atoms with Gasteiger partial charge in [-0.3, -0.25) is 4.79 Å². The third-order valence-corrected chi connectivity index (χ3v) is 5.71. The Bertz CT molecular complexity index is 935. The Balaban J connectivity index is 1.84. The maximum atomic E-state index is 13.9. The summed E-state index contributed by atoms with van der Waals surface area (Å²) in [6.45, 7) is -0.0130. The minimum absolute atomic E-state index is 0.0130. The topological polar surface area (TPSA) is 79.8 Å². The van der Waals surface area contributed by atoms with Crippen molar-refractivity contribution in [2.24, 2.45) is 5.92 Å². The molecule has 0 radical (unpaired) electrons. The number of carbonyl (C=O) groups excluding carboxylic acids is 1. The van der Waals surface area contributed by atoms with Gasteiger partial charge in [0.1, 0.15) is 5.92 Å². The number of aliphatic hydroxyl groups is 1. The van der Waals surface area contributed by atoms with Gasteiger partial charge in [0, 0.05) is 0 Å². The molecule has 0 amide bonds. The number of Topliss-reactive ketones (excluding diaryl/α,β-unsaturated/α-hetero) is 1. The quantitative estimate of drug-likeness (QED) is 0.511. The lowest BCUT2D eigenvalue weighted by Crippen LogP contribution is -2.72. The van der Waals surface area contributed by atoms with Crippen LogP contribution in [-0.2, 0) is 0 Å². The van der Waals surface area contributed by atoms with Crippen LogP contribution in [0.2, 0.25) is 0 Å². The number of ether oxygens (including phenoxy) is 2. The van der Waals surface area contributed by atoms with E-state index in [-0.39, 0.29) is 11.7 Å². The van der Waals surface area contributed by atoms with E-state index in [1.807, 2.05) is 5.32 Å². The number of fused-ring (bicyclic) bond motifs is 1. The summed E-state index contributed by atoms with van der Waals surface area (Å²) < 4.78 is 52.1. The first-order valence-electron chi connectivity index (χ1n) is 8.06. The number of thiocarbonyl (C=S) groups is 1. The van der Waals surface area contributed by atoms with Gasteiger partial charge in [0.2, 0.25) is 12.5 Å². The molecule has 2 aromatic rings. The van der Waals surface area contributed by atoms with Crippen molar-refractivity contribution in [3.63, 3.8) is 0 Å². The van der Waals surface area contributed by atoms with Crippen molar-refractivity contribution in [1.82, 2.24) is 10.6 Å². The van der Waals surface area contributed by atoms with Crippen molar-refractivity contribution in [3.05, 3.63) is 46.2 Å². The van der Waals surface area contributed by atoms with Gasteiger partial charge in [-0.15, -0.1) is 11.3 Å². The standard InChI is InChI=1S/C17H13F3N2O4S2/c18-17(19,20)16(24)12(14(23)11-2-1-5-28-11)13(21-15(27)22-16)8-3-4-9-10(6-8)26-7-25-9/h1-6,12-13,24H,7H2,(H2,21,22,27)/t12-,13+,16-/m0/s1. The molecule has 3 atom stereocenters. The molecule has 1 fully saturated rings. The first kappa shape index (κ1) is 19.0. The number of nitrogens with one attached hydrogen (secondary N) is 2. The molecule has 1 aromatic heterocycles. The molecule has 4 rings (SSSR count). The van der Waals surface area contributed by atoms with Gasteiger partial charge in [-0.25, -0.2) is 0 Å². The second-order valence-corrected chi connectivity index (χ2v) is 7.63. The minimum Gasteiger partial charge on any atom is -0.454 e. The molecule has 148 valence electrons. The Kier molecular flexibility index (Phi) is 4.47. The van der Waals surface area contributed by atoms with Gasteiger partial charge < -0.3 is 25.2 Å². The fraction of sp³-hybridized carbons (Fsp3) is 0.294. The van der Waals surface area contributed by atoms with Gasteiger partial charge in [0.05, 0.1) is 10.9 Å². The summed E-state index contributed by atoms with van der Waals surface area (Å²) in [5.74, 6) is -2.02. The number of hydrogen-bond acceptors (Lipinski definition) is 6. The van der Waals surface area contributed by atoms with E-state index in [9.17, 15) is 23.1 Å². The van der Waals surface area contributed by atoms with Crippen LogP contribution in [-0.4, -0.2) is 34.7 Å². The van der Waals surface area contributed by atoms with Gasteiger partial charge in [-0.1, -0.05) is 12.1 Å². The van der Waals surface area contributed by atoms with E-state index in [2.05, 4.69) is 5.32 Å². The smallest absolute Gasteiger partial charge is 0.437 e. The van der Waals surface area contributed by atoms with Crippen LogP contribution in [0.5, 0.6) is 11.5 Å². The maximum Gasteiger partial charge on any atom is 0.437 e. The summed E-state index contributed by atoms with van der Waals surface area (Å²) in [5.41, 5.74) is -3.25. The summed E-state index contributed by atoms with van der Waals surface area (Å²) in [5, 5.41) is 16.3. The van der Waals surface area contributed by atoms with Crippen LogP contribution < -0.4 is 20.1 Å². The first-order valence-corrected chi connectivity index (χ1v) is 9.34. The Morgan fingerprint density at radius 1 is 1.29 bits per heavy atom. The van der Waals surface area contributed by atoms with Crippen LogP contribution in [0, 0.1) is 5.92 Å². The normalized spacial score (nSPS) is 26.5. The highest BCUT2D eigenvalue weighted by Gasteiger charge is 2.65. The van der Waals surface area contributed by atoms with Crippen LogP contribution in [0.4, 0.5) is 13.2 Å². The fourth-order valence-electron chi connectivity index (χ4n) is 3.30. The zero-order valence-corrected chi connectivity index (χ0v) is 15.6. The van der Waals surface area contributed by atoms with E-state index in [1.54, 1.807) is 11.4 Å². The van der Waals surface area contributed by atoms with Gasteiger partial charge in [-0.2, -0.15) is 13.2 Å². The van der Waals surface area contributed by atoms with Crippen molar-refractivity contribution in [2.45, 2.75) is 17.9 Å². The van der Waals surface area contributed by atoms with Gasteiger partial charge in [-0.05, 0) is 41.4 Å². The Hall–Kier alpha value is -2.37. The molecule has 11 heteroatoms. The van der Waals surface area contributed by atoms with Crippen LogP contribution in [0.1, 0.15) is 21.3 Å². The molecule has 28 heavy (non-hydrogen) atoms. The average molecular weight is 430 g/mol. The predicted molar refractivity (Wildman–Crippen MR) is 97.3 cm³/mol. The Morgan fingerprint density at radius 3 is 2.71 bits per heavy atom. The number of halogens is 3. The summed E-state index contributed by atoms with van der Waals surface area (Å²) in [7, 11) is 0. The monoisotopic (exact) mass is 430 g/mol. The van der Waals surface area contributed by atoms with Gasteiger partial charge >= 0.3 is 6.18 Å². The average Bonchev–Trinajstić information content (AvgIpc) is 3.30. The molecular formula is C17H13F3N2O4S2. The van der Waals surface area contributed by atoms with Crippen LogP contribution in [0.3, 0.4) is 0 Å². The van der Waals surface area contributed by atoms with E-state index >= 15 is 0 Å². The molecule has 0 unspecified atom stereocenters. The number of carbonyl (C=O) groups is 1. The number of thiophene rings is 1. The summed E-state index contributed by atoms with van der Waals surface area (Å²) in [4.78, 5) is 13.1. The highest BCUT2D eigenvalue weighted by atomic mass is 32.1. The highest BCUT2D eigenvalue weighted by Crippen LogP contribution is 2.45. The zero-order chi connectivity index (χ0) is 20.1. The molecule has 3 heterocycles. The molecule has 1 saturated heterocycles. The Labute approximate surface area is 166 Å². The van der Waals surface area contributed by atoms with Crippen molar-refractivity contribution >= 4 is 34.5 Å². The fourth-order valence-corrected chi connectivity index (χ4v) is 4.28. The van der Waals surface area contributed by atoms with E-state index in [1.165, 1.54) is 24.3 Å². The minimum atomic E-state index is -5.16. The number of hydrogen-bond donors (Lipinski definition) is 3. The molecule has 0 saturated carbocycles. The number of benzene rings is 1. The Morgan fingerprint density at radius 2 is 2.04 bits per heavy atom. The lowest BCUT2D eigenvalue weighted by atomic mass is 9.78. The molecule has 0 aliphatic carbocycles. The SMILES string of the molecule is O=C(c1cccs1)[C@@H]1[C@@H](c2ccc3c(c2)OCO3)NC(=S)N[C@@]1(O)C(F)(F)F. The van der Waals surface area contributed by atoms with Crippen molar-refractivity contribution in [1.29, 1.82) is 0 Å². The van der Waals surface area contributed by atoms with Crippen molar-refractivity contribution in [2.75, 3.05) is 6.79 Å². The van der Waals surface area contributed by atoms with E-state index < -0.39 is 34.8 Å². The molecule has 0 bridgehead atoms. The van der Waals surface area contributed by atoms with E-state index in [0.717, 1.165) is 11.3 Å². The van der Waals surface area contributed by atoms with Gasteiger partial charge in [0.15, 0.2) is 22.4 Å². The van der Waals surface area contributed by atoms with Crippen LogP contribution in [0.25, 0.3) is 0 Å².